The number of carbonyl (C=O) groups excluding carboxylic acids is 3. The molecular weight excluding hydrogens is 256 g/mol. The van der Waals surface area contributed by atoms with E-state index in [4.69, 9.17) is 10.8 Å². The van der Waals surface area contributed by atoms with E-state index in [1.54, 1.807) is 0 Å². The SMILES string of the molecule is C[C@H](N)C(=O)NCC(=O)NCC(=O)N(C)CC(=O)O. The van der Waals surface area contributed by atoms with Crippen molar-refractivity contribution in [2.75, 3.05) is 26.7 Å². The van der Waals surface area contributed by atoms with E-state index in [1.165, 1.54) is 14.0 Å². The van der Waals surface area contributed by atoms with Gasteiger partial charge < -0.3 is 26.4 Å². The molecule has 9 heteroatoms. The Morgan fingerprint density at radius 3 is 2.26 bits per heavy atom. The zero-order chi connectivity index (χ0) is 15.0. The number of carboxylic acids is 1. The maximum Gasteiger partial charge on any atom is 0.323 e. The van der Waals surface area contributed by atoms with Crippen molar-refractivity contribution in [2.24, 2.45) is 5.73 Å². The number of carboxylic acid groups (broad SMARTS) is 1. The summed E-state index contributed by atoms with van der Waals surface area (Å²) in [6.45, 7) is 0.390. The summed E-state index contributed by atoms with van der Waals surface area (Å²) in [6, 6.07) is -0.726. The molecule has 3 amide bonds. The summed E-state index contributed by atoms with van der Waals surface area (Å²) in [5.74, 6) is -2.74. The first-order valence-corrected chi connectivity index (χ1v) is 5.49. The second-order valence-electron chi connectivity index (χ2n) is 3.93. The smallest absolute Gasteiger partial charge is 0.323 e. The van der Waals surface area contributed by atoms with Gasteiger partial charge in [-0.2, -0.15) is 0 Å². The third-order valence-electron chi connectivity index (χ3n) is 2.07. The second-order valence-corrected chi connectivity index (χ2v) is 3.93. The molecule has 1 atom stereocenters. The molecular formula is C10H18N4O5. The summed E-state index contributed by atoms with van der Waals surface area (Å²) in [5.41, 5.74) is 5.27. The van der Waals surface area contributed by atoms with Gasteiger partial charge in [-0.3, -0.25) is 19.2 Å². The molecule has 0 rings (SSSR count). The Labute approximate surface area is 110 Å². The molecule has 0 unspecified atom stereocenters. The molecule has 19 heavy (non-hydrogen) atoms. The van der Waals surface area contributed by atoms with Gasteiger partial charge in [0.05, 0.1) is 19.1 Å². The van der Waals surface area contributed by atoms with Crippen molar-refractivity contribution < 1.29 is 24.3 Å². The van der Waals surface area contributed by atoms with E-state index < -0.39 is 36.3 Å². The van der Waals surface area contributed by atoms with Crippen LogP contribution >= 0.6 is 0 Å². The van der Waals surface area contributed by atoms with E-state index in [1.807, 2.05) is 0 Å². The average Bonchev–Trinajstić information content (AvgIpc) is 2.31. The standard InChI is InChI=1S/C10H18N4O5/c1-6(11)10(19)13-3-7(15)12-4-8(16)14(2)5-9(17)18/h6H,3-5,11H2,1-2H3,(H,12,15)(H,13,19)(H,17,18)/t6-/m0/s1. The highest BCUT2D eigenvalue weighted by atomic mass is 16.4. The molecule has 108 valence electrons. The van der Waals surface area contributed by atoms with Gasteiger partial charge in [0.15, 0.2) is 0 Å². The van der Waals surface area contributed by atoms with Crippen molar-refractivity contribution >= 4 is 23.7 Å². The lowest BCUT2D eigenvalue weighted by molar-refractivity contribution is -0.143. The number of carbonyl (C=O) groups is 4. The van der Waals surface area contributed by atoms with Gasteiger partial charge in [-0.1, -0.05) is 0 Å². The van der Waals surface area contributed by atoms with Gasteiger partial charge in [0.1, 0.15) is 6.54 Å². The molecule has 0 aromatic heterocycles. The quantitative estimate of drug-likeness (QED) is 0.392. The third-order valence-corrected chi connectivity index (χ3v) is 2.07. The van der Waals surface area contributed by atoms with Crippen LogP contribution < -0.4 is 16.4 Å². The lowest BCUT2D eigenvalue weighted by atomic mass is 10.3. The molecule has 0 radical (unpaired) electrons. The van der Waals surface area contributed by atoms with Crippen LogP contribution in [-0.4, -0.2) is 66.4 Å². The van der Waals surface area contributed by atoms with E-state index >= 15 is 0 Å². The predicted molar refractivity (Wildman–Crippen MR) is 64.9 cm³/mol. The van der Waals surface area contributed by atoms with E-state index in [0.29, 0.717) is 0 Å². The van der Waals surface area contributed by atoms with Crippen molar-refractivity contribution in [1.29, 1.82) is 0 Å². The number of nitrogens with one attached hydrogen (secondary N) is 2. The largest absolute Gasteiger partial charge is 0.480 e. The van der Waals surface area contributed by atoms with Crippen LogP contribution in [0.15, 0.2) is 0 Å². The molecule has 0 aliphatic rings. The lowest BCUT2D eigenvalue weighted by Gasteiger charge is -2.15. The fourth-order valence-corrected chi connectivity index (χ4v) is 0.991. The minimum Gasteiger partial charge on any atom is -0.480 e. The van der Waals surface area contributed by atoms with Crippen LogP contribution in [0.3, 0.4) is 0 Å². The van der Waals surface area contributed by atoms with E-state index in [-0.39, 0.29) is 13.1 Å². The normalized spacial score (nSPS) is 11.3. The molecule has 0 aliphatic heterocycles. The molecule has 9 nitrogen and oxygen atoms in total. The predicted octanol–water partition coefficient (Wildman–Crippen LogP) is -2.89. The molecule has 5 N–H and O–H groups in total. The highest BCUT2D eigenvalue weighted by Gasteiger charge is 2.14. The highest BCUT2D eigenvalue weighted by molar-refractivity contribution is 5.90. The third kappa shape index (κ3) is 7.71. The van der Waals surface area contributed by atoms with E-state index in [0.717, 1.165) is 4.90 Å². The van der Waals surface area contributed by atoms with E-state index in [9.17, 15) is 19.2 Å². The maximum atomic E-state index is 11.4. The van der Waals surface area contributed by atoms with Crippen LogP contribution in [0.25, 0.3) is 0 Å². The van der Waals surface area contributed by atoms with Gasteiger partial charge in [0.25, 0.3) is 0 Å². The van der Waals surface area contributed by atoms with Gasteiger partial charge in [-0.15, -0.1) is 0 Å². The number of hydrogen-bond donors (Lipinski definition) is 4. The van der Waals surface area contributed by atoms with Crippen molar-refractivity contribution in [2.45, 2.75) is 13.0 Å². The number of rotatable bonds is 7. The number of amides is 3. The molecule has 0 aromatic carbocycles. The monoisotopic (exact) mass is 274 g/mol. The topological polar surface area (TPSA) is 142 Å². The van der Waals surface area contributed by atoms with E-state index in [2.05, 4.69) is 10.6 Å². The first-order chi connectivity index (χ1) is 8.73. The van der Waals surface area contributed by atoms with Gasteiger partial charge in [0, 0.05) is 7.05 Å². The van der Waals surface area contributed by atoms with Crippen molar-refractivity contribution in [1.82, 2.24) is 15.5 Å². The van der Waals surface area contributed by atoms with Crippen molar-refractivity contribution in [3.05, 3.63) is 0 Å². The van der Waals surface area contributed by atoms with Crippen LogP contribution in [0.1, 0.15) is 6.92 Å². The Hall–Kier alpha value is -2.16. The average molecular weight is 274 g/mol. The number of likely N-dealkylation sites (N-methyl/N-ethyl adjacent to an activating group) is 1. The lowest BCUT2D eigenvalue weighted by Crippen LogP contribution is -2.46. The highest BCUT2D eigenvalue weighted by Crippen LogP contribution is 1.83. The number of nitrogens with zero attached hydrogens (tertiary/aromatic N) is 1. The fourth-order valence-electron chi connectivity index (χ4n) is 0.991. The molecule has 0 bridgehead atoms. The molecule has 0 spiro atoms. The van der Waals surface area contributed by atoms with Gasteiger partial charge in [-0.25, -0.2) is 0 Å². The fraction of sp³-hybridized carbons (Fsp3) is 0.600. The van der Waals surface area contributed by atoms with Gasteiger partial charge in [-0.05, 0) is 6.92 Å². The zero-order valence-electron chi connectivity index (χ0n) is 10.8. The van der Waals surface area contributed by atoms with Gasteiger partial charge in [0.2, 0.25) is 17.7 Å². The number of nitrogens with two attached hydrogens (primary N) is 1. The first kappa shape index (κ1) is 16.8. The molecule has 0 saturated heterocycles. The van der Waals surface area contributed by atoms with Crippen LogP contribution in [0.5, 0.6) is 0 Å². The summed E-state index contributed by atoms with van der Waals surface area (Å²) >= 11 is 0. The minimum absolute atomic E-state index is 0.295. The Morgan fingerprint density at radius 2 is 1.79 bits per heavy atom. The summed E-state index contributed by atoms with van der Waals surface area (Å²) in [6.07, 6.45) is 0. The Morgan fingerprint density at radius 1 is 1.21 bits per heavy atom. The number of aliphatic carboxylic acids is 1. The Kier molecular flexibility index (Phi) is 7.12. The molecule has 0 aliphatic carbocycles. The molecule has 0 heterocycles. The maximum absolute atomic E-state index is 11.4. The first-order valence-electron chi connectivity index (χ1n) is 5.49. The van der Waals surface area contributed by atoms with Gasteiger partial charge >= 0.3 is 5.97 Å². The number of hydrogen-bond acceptors (Lipinski definition) is 5. The van der Waals surface area contributed by atoms with Crippen LogP contribution in [0.2, 0.25) is 0 Å². The second kappa shape index (κ2) is 8.03. The molecule has 0 aromatic rings. The zero-order valence-corrected chi connectivity index (χ0v) is 10.8. The van der Waals surface area contributed by atoms with Crippen LogP contribution in [0, 0.1) is 0 Å². The summed E-state index contributed by atoms with van der Waals surface area (Å²) < 4.78 is 0. The van der Waals surface area contributed by atoms with Crippen LogP contribution in [-0.2, 0) is 19.2 Å². The summed E-state index contributed by atoms with van der Waals surface area (Å²) in [4.78, 5) is 45.0. The van der Waals surface area contributed by atoms with Crippen LogP contribution in [0.4, 0.5) is 0 Å². The summed E-state index contributed by atoms with van der Waals surface area (Å²) in [5, 5.41) is 13.0. The summed E-state index contributed by atoms with van der Waals surface area (Å²) in [7, 11) is 1.31. The molecule has 0 saturated carbocycles. The minimum atomic E-state index is -1.15. The van der Waals surface area contributed by atoms with Crippen molar-refractivity contribution in [3.63, 3.8) is 0 Å². The Bertz CT molecular complexity index is 369. The van der Waals surface area contributed by atoms with Crippen molar-refractivity contribution in [3.8, 4) is 0 Å². The molecule has 0 fully saturated rings. The Balaban J connectivity index is 3.93.